The summed E-state index contributed by atoms with van der Waals surface area (Å²) in [6.07, 6.45) is 0. The van der Waals surface area contributed by atoms with E-state index in [4.69, 9.17) is 11.6 Å². The maximum Gasteiger partial charge on any atom is 0.0417 e. The van der Waals surface area contributed by atoms with Gasteiger partial charge in [0.2, 0.25) is 0 Å². The number of rotatable bonds is 2. The molecule has 1 atom stereocenters. The standard InChI is InChI=1S/C9H11BrClN/c1-6(12-2)8-4-3-7(11)5-9(8)10/h3-6,12H,1-2H3/t6-/m0/s1. The zero-order valence-electron chi connectivity index (χ0n) is 7.07. The van der Waals surface area contributed by atoms with Gasteiger partial charge in [-0.2, -0.15) is 0 Å². The molecule has 1 rings (SSSR count). The highest BCUT2D eigenvalue weighted by Gasteiger charge is 2.06. The Kier molecular flexibility index (Phi) is 3.56. The molecule has 0 bridgehead atoms. The number of benzene rings is 1. The molecule has 1 aromatic carbocycles. The van der Waals surface area contributed by atoms with E-state index >= 15 is 0 Å². The summed E-state index contributed by atoms with van der Waals surface area (Å²) < 4.78 is 1.05. The lowest BCUT2D eigenvalue weighted by molar-refractivity contribution is 0.649. The van der Waals surface area contributed by atoms with Crippen LogP contribution in [0.15, 0.2) is 22.7 Å². The van der Waals surface area contributed by atoms with Crippen LogP contribution >= 0.6 is 27.5 Å². The van der Waals surface area contributed by atoms with E-state index in [1.54, 1.807) is 0 Å². The number of hydrogen-bond acceptors (Lipinski definition) is 1. The van der Waals surface area contributed by atoms with Gasteiger partial charge in [0.05, 0.1) is 0 Å². The third-order valence-corrected chi connectivity index (χ3v) is 2.78. The van der Waals surface area contributed by atoms with Gasteiger partial charge in [0, 0.05) is 15.5 Å². The van der Waals surface area contributed by atoms with E-state index in [2.05, 4.69) is 28.2 Å². The Morgan fingerprint density at radius 1 is 1.50 bits per heavy atom. The van der Waals surface area contributed by atoms with Crippen molar-refractivity contribution in [2.45, 2.75) is 13.0 Å². The van der Waals surface area contributed by atoms with Crippen LogP contribution in [-0.2, 0) is 0 Å². The lowest BCUT2D eigenvalue weighted by Gasteiger charge is -2.12. The summed E-state index contributed by atoms with van der Waals surface area (Å²) in [7, 11) is 1.94. The third-order valence-electron chi connectivity index (χ3n) is 1.86. The molecule has 0 aliphatic heterocycles. The van der Waals surface area contributed by atoms with Gasteiger partial charge < -0.3 is 5.32 Å². The predicted octanol–water partition coefficient (Wildman–Crippen LogP) is 3.38. The Hall–Kier alpha value is -0.0500. The van der Waals surface area contributed by atoms with Crippen LogP contribution in [0.25, 0.3) is 0 Å². The van der Waals surface area contributed by atoms with Gasteiger partial charge in [-0.15, -0.1) is 0 Å². The van der Waals surface area contributed by atoms with Crippen molar-refractivity contribution < 1.29 is 0 Å². The van der Waals surface area contributed by atoms with Crippen molar-refractivity contribution in [2.75, 3.05) is 7.05 Å². The Labute approximate surface area is 86.2 Å². The lowest BCUT2D eigenvalue weighted by atomic mass is 10.1. The monoisotopic (exact) mass is 247 g/mol. The topological polar surface area (TPSA) is 12.0 Å². The Morgan fingerprint density at radius 3 is 2.67 bits per heavy atom. The number of halogens is 2. The first kappa shape index (κ1) is 10.0. The molecule has 0 aromatic heterocycles. The van der Waals surface area contributed by atoms with Gasteiger partial charge in [-0.3, -0.25) is 0 Å². The molecule has 1 N–H and O–H groups in total. The minimum Gasteiger partial charge on any atom is -0.313 e. The quantitative estimate of drug-likeness (QED) is 0.846. The van der Waals surface area contributed by atoms with Crippen LogP contribution in [0.2, 0.25) is 5.02 Å². The van der Waals surface area contributed by atoms with Crippen LogP contribution < -0.4 is 5.32 Å². The van der Waals surface area contributed by atoms with Gasteiger partial charge in [-0.1, -0.05) is 33.6 Å². The van der Waals surface area contributed by atoms with Crippen molar-refractivity contribution in [2.24, 2.45) is 0 Å². The smallest absolute Gasteiger partial charge is 0.0417 e. The molecule has 0 radical (unpaired) electrons. The van der Waals surface area contributed by atoms with Crippen LogP contribution in [0.1, 0.15) is 18.5 Å². The molecule has 1 nitrogen and oxygen atoms in total. The molecular formula is C9H11BrClN. The summed E-state index contributed by atoms with van der Waals surface area (Å²) in [5.74, 6) is 0. The minimum absolute atomic E-state index is 0.344. The fraction of sp³-hybridized carbons (Fsp3) is 0.333. The van der Waals surface area contributed by atoms with Gasteiger partial charge in [-0.25, -0.2) is 0 Å². The minimum atomic E-state index is 0.344. The van der Waals surface area contributed by atoms with Crippen molar-refractivity contribution >= 4 is 27.5 Å². The molecule has 1 aromatic rings. The Bertz CT molecular complexity index is 275. The van der Waals surface area contributed by atoms with Crippen LogP contribution in [0, 0.1) is 0 Å². The van der Waals surface area contributed by atoms with E-state index in [1.807, 2.05) is 25.2 Å². The highest BCUT2D eigenvalue weighted by atomic mass is 79.9. The molecule has 3 heteroatoms. The SMILES string of the molecule is CN[C@@H](C)c1ccc(Cl)cc1Br. The van der Waals surface area contributed by atoms with E-state index < -0.39 is 0 Å². The number of nitrogens with one attached hydrogen (secondary N) is 1. The molecule has 66 valence electrons. The Morgan fingerprint density at radius 2 is 2.17 bits per heavy atom. The van der Waals surface area contributed by atoms with Crippen LogP contribution in [0.3, 0.4) is 0 Å². The van der Waals surface area contributed by atoms with Gasteiger partial charge in [0.25, 0.3) is 0 Å². The van der Waals surface area contributed by atoms with E-state index in [9.17, 15) is 0 Å². The summed E-state index contributed by atoms with van der Waals surface area (Å²) in [5.41, 5.74) is 1.22. The summed E-state index contributed by atoms with van der Waals surface area (Å²) in [6.45, 7) is 2.11. The van der Waals surface area contributed by atoms with E-state index in [1.165, 1.54) is 5.56 Å². The molecule has 12 heavy (non-hydrogen) atoms. The second kappa shape index (κ2) is 4.26. The molecule has 0 fully saturated rings. The zero-order chi connectivity index (χ0) is 9.14. The highest BCUT2D eigenvalue weighted by molar-refractivity contribution is 9.10. The maximum absolute atomic E-state index is 5.81. The Balaban J connectivity index is 3.01. The van der Waals surface area contributed by atoms with Gasteiger partial charge >= 0.3 is 0 Å². The molecule has 0 aliphatic rings. The predicted molar refractivity (Wildman–Crippen MR) is 56.6 cm³/mol. The van der Waals surface area contributed by atoms with Crippen molar-refractivity contribution in [3.63, 3.8) is 0 Å². The van der Waals surface area contributed by atoms with E-state index in [-0.39, 0.29) is 0 Å². The summed E-state index contributed by atoms with van der Waals surface area (Å²) in [5, 5.41) is 3.93. The first-order valence-electron chi connectivity index (χ1n) is 3.77. The fourth-order valence-electron chi connectivity index (χ4n) is 1.01. The van der Waals surface area contributed by atoms with Crippen molar-refractivity contribution in [3.8, 4) is 0 Å². The zero-order valence-corrected chi connectivity index (χ0v) is 9.41. The normalized spacial score (nSPS) is 13.0. The third kappa shape index (κ3) is 2.22. The van der Waals surface area contributed by atoms with Crippen molar-refractivity contribution in [1.29, 1.82) is 0 Å². The molecule has 0 spiro atoms. The van der Waals surface area contributed by atoms with Crippen LogP contribution in [-0.4, -0.2) is 7.05 Å². The van der Waals surface area contributed by atoms with Gasteiger partial charge in [0.1, 0.15) is 0 Å². The molecule has 0 heterocycles. The van der Waals surface area contributed by atoms with Crippen molar-refractivity contribution in [1.82, 2.24) is 5.32 Å². The first-order valence-corrected chi connectivity index (χ1v) is 4.94. The second-order valence-electron chi connectivity index (χ2n) is 2.68. The lowest BCUT2D eigenvalue weighted by Crippen LogP contribution is -2.12. The molecule has 0 unspecified atom stereocenters. The average Bonchev–Trinajstić information content (AvgIpc) is 2.03. The molecule has 0 aliphatic carbocycles. The van der Waals surface area contributed by atoms with E-state index in [0.29, 0.717) is 6.04 Å². The molecule has 0 saturated heterocycles. The average molecular weight is 249 g/mol. The van der Waals surface area contributed by atoms with Crippen LogP contribution in [0.5, 0.6) is 0 Å². The number of hydrogen-bond donors (Lipinski definition) is 1. The molecule has 0 amide bonds. The maximum atomic E-state index is 5.81. The van der Waals surface area contributed by atoms with Crippen LogP contribution in [0.4, 0.5) is 0 Å². The van der Waals surface area contributed by atoms with Gasteiger partial charge in [-0.05, 0) is 31.7 Å². The molecule has 0 saturated carbocycles. The summed E-state index contributed by atoms with van der Waals surface area (Å²) >= 11 is 9.28. The molecular weight excluding hydrogens is 237 g/mol. The highest BCUT2D eigenvalue weighted by Crippen LogP contribution is 2.25. The summed E-state index contributed by atoms with van der Waals surface area (Å²) in [4.78, 5) is 0. The van der Waals surface area contributed by atoms with E-state index in [0.717, 1.165) is 9.50 Å². The van der Waals surface area contributed by atoms with Gasteiger partial charge in [0.15, 0.2) is 0 Å². The first-order chi connectivity index (χ1) is 5.65. The van der Waals surface area contributed by atoms with Crippen molar-refractivity contribution in [3.05, 3.63) is 33.3 Å². The second-order valence-corrected chi connectivity index (χ2v) is 3.97. The summed E-state index contributed by atoms with van der Waals surface area (Å²) in [6, 6.07) is 6.17. The fourth-order valence-corrected chi connectivity index (χ4v) is 2.03. The largest absolute Gasteiger partial charge is 0.313 e.